The number of para-hydroxylation sites is 2. The molecule has 10 heteroatoms. The van der Waals surface area contributed by atoms with Crippen molar-refractivity contribution in [3.63, 3.8) is 0 Å². The Morgan fingerprint density at radius 3 is 2.59 bits per heavy atom. The molecule has 0 aliphatic heterocycles. The fraction of sp³-hybridized carbons (Fsp3) is 0.105. The third-order valence-corrected chi connectivity index (χ3v) is 3.92. The van der Waals surface area contributed by atoms with E-state index < -0.39 is 24.2 Å². The molecule has 29 heavy (non-hydrogen) atoms. The average Bonchev–Trinajstić information content (AvgIpc) is 3.32. The predicted molar refractivity (Wildman–Crippen MR) is 99.8 cm³/mol. The highest BCUT2D eigenvalue weighted by Crippen LogP contribution is 2.19. The first-order valence-corrected chi connectivity index (χ1v) is 8.53. The summed E-state index contributed by atoms with van der Waals surface area (Å²) in [7, 11) is 0. The minimum absolute atomic E-state index is 0.123. The minimum atomic E-state index is -0.774. The first-order valence-electron chi connectivity index (χ1n) is 8.53. The number of nitrogens with zero attached hydrogens (tertiary/aromatic N) is 3. The van der Waals surface area contributed by atoms with Gasteiger partial charge in [-0.3, -0.25) is 19.5 Å². The van der Waals surface area contributed by atoms with Gasteiger partial charge in [0.15, 0.2) is 12.2 Å². The van der Waals surface area contributed by atoms with Gasteiger partial charge in [0, 0.05) is 5.56 Å². The molecule has 0 radical (unpaired) electrons. The first-order chi connectivity index (χ1) is 14.1. The molecule has 2 heterocycles. The molecular weight excluding hydrogens is 380 g/mol. The second-order valence-corrected chi connectivity index (χ2v) is 5.91. The number of rotatable bonds is 6. The van der Waals surface area contributed by atoms with Gasteiger partial charge in [-0.15, -0.1) is 5.10 Å². The molecule has 0 fully saturated rings. The smallest absolute Gasteiger partial charge is 0.420 e. The Balaban J connectivity index is 1.33. The Morgan fingerprint density at radius 2 is 1.76 bits per heavy atom. The lowest BCUT2D eigenvalue weighted by molar-refractivity contribution is -0.147. The molecule has 1 N–H and O–H groups in total. The van der Waals surface area contributed by atoms with Crippen LogP contribution in [-0.2, 0) is 20.9 Å². The fourth-order valence-corrected chi connectivity index (χ4v) is 2.61. The Morgan fingerprint density at radius 1 is 1.00 bits per heavy atom. The number of esters is 1. The Hall–Kier alpha value is -4.21. The summed E-state index contributed by atoms with van der Waals surface area (Å²) >= 11 is 0. The lowest BCUT2D eigenvalue weighted by Gasteiger charge is -2.04. The van der Waals surface area contributed by atoms with E-state index in [1.54, 1.807) is 36.4 Å². The van der Waals surface area contributed by atoms with Crippen molar-refractivity contribution in [2.45, 2.75) is 6.54 Å². The van der Waals surface area contributed by atoms with Crippen LogP contribution in [0.15, 0.2) is 68.2 Å². The summed E-state index contributed by atoms with van der Waals surface area (Å²) in [4.78, 5) is 35.8. The van der Waals surface area contributed by atoms with Crippen LogP contribution in [0.25, 0.3) is 22.6 Å². The number of oxazole rings is 1. The molecule has 0 saturated carbocycles. The van der Waals surface area contributed by atoms with Crippen LogP contribution in [0.4, 0.5) is 6.01 Å². The predicted octanol–water partition coefficient (Wildman–Crippen LogP) is 1.83. The maximum atomic E-state index is 12.0. The molecule has 0 aliphatic carbocycles. The second kappa shape index (κ2) is 7.80. The monoisotopic (exact) mass is 394 g/mol. The number of hydrogen-bond acceptors (Lipinski definition) is 8. The zero-order valence-corrected chi connectivity index (χ0v) is 14.9. The summed E-state index contributed by atoms with van der Waals surface area (Å²) < 4.78 is 16.4. The summed E-state index contributed by atoms with van der Waals surface area (Å²) in [6, 6.07) is 15.6. The normalized spacial score (nSPS) is 10.8. The van der Waals surface area contributed by atoms with E-state index in [1.807, 2.05) is 18.2 Å². The number of hydrogen-bond donors (Lipinski definition) is 1. The van der Waals surface area contributed by atoms with Gasteiger partial charge in [0.2, 0.25) is 5.89 Å². The zero-order valence-electron chi connectivity index (χ0n) is 14.9. The molecule has 0 saturated heterocycles. The van der Waals surface area contributed by atoms with E-state index in [2.05, 4.69) is 15.5 Å². The second-order valence-electron chi connectivity index (χ2n) is 5.91. The number of aromatic nitrogens is 3. The molecular formula is C19H14N4O6. The van der Waals surface area contributed by atoms with Crippen LogP contribution < -0.4 is 11.1 Å². The molecule has 10 nitrogen and oxygen atoms in total. The van der Waals surface area contributed by atoms with Crippen molar-refractivity contribution in [3.8, 4) is 11.5 Å². The van der Waals surface area contributed by atoms with Crippen molar-refractivity contribution in [2.24, 2.45) is 0 Å². The van der Waals surface area contributed by atoms with Gasteiger partial charge in [-0.2, -0.15) is 0 Å². The number of carbonyl (C=O) groups excluding carboxylic acids is 2. The highest BCUT2D eigenvalue weighted by atomic mass is 16.5. The Bertz CT molecular complexity index is 1220. The molecule has 146 valence electrons. The van der Waals surface area contributed by atoms with Crippen molar-refractivity contribution in [2.75, 3.05) is 11.9 Å². The maximum Gasteiger partial charge on any atom is 0.420 e. The van der Waals surface area contributed by atoms with Crippen molar-refractivity contribution in [1.82, 2.24) is 14.8 Å². The van der Waals surface area contributed by atoms with Crippen LogP contribution in [0, 0.1) is 0 Å². The van der Waals surface area contributed by atoms with Crippen LogP contribution in [-0.4, -0.2) is 33.2 Å². The first kappa shape index (κ1) is 18.2. The van der Waals surface area contributed by atoms with Crippen molar-refractivity contribution in [1.29, 1.82) is 0 Å². The van der Waals surface area contributed by atoms with E-state index in [0.717, 1.165) is 4.57 Å². The van der Waals surface area contributed by atoms with Crippen LogP contribution >= 0.6 is 0 Å². The number of anilines is 1. The molecule has 0 bridgehead atoms. The van der Waals surface area contributed by atoms with Gasteiger partial charge in [0.05, 0.1) is 5.52 Å². The van der Waals surface area contributed by atoms with Crippen molar-refractivity contribution in [3.05, 3.63) is 65.1 Å². The van der Waals surface area contributed by atoms with Gasteiger partial charge in [0.1, 0.15) is 6.54 Å². The SMILES string of the molecule is O=C(COC(=O)Cn1c(=O)oc2ccccc21)Nc1nnc(-c2ccccc2)o1. The lowest BCUT2D eigenvalue weighted by Crippen LogP contribution is -2.25. The molecule has 0 spiro atoms. The number of amides is 1. The maximum absolute atomic E-state index is 12.0. The van der Waals surface area contributed by atoms with E-state index >= 15 is 0 Å². The van der Waals surface area contributed by atoms with Crippen molar-refractivity contribution < 1.29 is 23.2 Å². The van der Waals surface area contributed by atoms with E-state index in [-0.39, 0.29) is 18.5 Å². The summed E-state index contributed by atoms with van der Waals surface area (Å²) in [6.07, 6.45) is 0. The molecule has 0 atom stereocenters. The number of nitrogens with one attached hydrogen (secondary N) is 1. The summed E-state index contributed by atoms with van der Waals surface area (Å²) in [5, 5.41) is 9.90. The minimum Gasteiger partial charge on any atom is -0.454 e. The Kier molecular flexibility index (Phi) is 4.89. The highest BCUT2D eigenvalue weighted by Gasteiger charge is 2.16. The quantitative estimate of drug-likeness (QED) is 0.490. The van der Waals surface area contributed by atoms with Gasteiger partial charge in [-0.05, 0) is 24.3 Å². The van der Waals surface area contributed by atoms with Crippen LogP contribution in [0.3, 0.4) is 0 Å². The Labute approximate surface area is 162 Å². The largest absolute Gasteiger partial charge is 0.454 e. The molecule has 0 aliphatic rings. The zero-order chi connectivity index (χ0) is 20.2. The lowest BCUT2D eigenvalue weighted by atomic mass is 10.2. The molecule has 2 aromatic heterocycles. The van der Waals surface area contributed by atoms with Gasteiger partial charge in [-0.1, -0.05) is 35.4 Å². The van der Waals surface area contributed by atoms with Gasteiger partial charge in [-0.25, -0.2) is 4.79 Å². The summed E-state index contributed by atoms with van der Waals surface area (Å²) in [5.41, 5.74) is 1.51. The molecule has 4 aromatic rings. The van der Waals surface area contributed by atoms with Crippen LogP contribution in [0.1, 0.15) is 0 Å². The summed E-state index contributed by atoms with van der Waals surface area (Å²) in [5.74, 6) is -1.88. The fourth-order valence-electron chi connectivity index (χ4n) is 2.61. The van der Waals surface area contributed by atoms with Crippen LogP contribution in [0.2, 0.25) is 0 Å². The third kappa shape index (κ3) is 4.05. The standard InChI is InChI=1S/C19H14N4O6/c24-15(20-18-22-21-17(29-18)12-6-2-1-3-7-12)11-27-16(25)10-23-13-8-4-5-9-14(13)28-19(23)26/h1-9H,10-11H2,(H,20,22,24). The van der Waals surface area contributed by atoms with Crippen LogP contribution in [0.5, 0.6) is 0 Å². The van der Waals surface area contributed by atoms with Gasteiger partial charge >= 0.3 is 17.7 Å². The average molecular weight is 394 g/mol. The van der Waals surface area contributed by atoms with E-state index in [9.17, 15) is 14.4 Å². The van der Waals surface area contributed by atoms with E-state index in [4.69, 9.17) is 13.6 Å². The molecule has 1 amide bonds. The highest BCUT2D eigenvalue weighted by molar-refractivity contribution is 5.91. The molecule has 0 unspecified atom stereocenters. The number of ether oxygens (including phenoxy) is 1. The van der Waals surface area contributed by atoms with Gasteiger partial charge < -0.3 is 13.6 Å². The van der Waals surface area contributed by atoms with E-state index in [0.29, 0.717) is 16.7 Å². The number of carbonyl (C=O) groups is 2. The topological polar surface area (TPSA) is 129 Å². The van der Waals surface area contributed by atoms with Crippen molar-refractivity contribution >= 4 is 29.0 Å². The third-order valence-electron chi connectivity index (χ3n) is 3.92. The molecule has 2 aromatic carbocycles. The van der Waals surface area contributed by atoms with Gasteiger partial charge in [0.25, 0.3) is 5.91 Å². The summed E-state index contributed by atoms with van der Waals surface area (Å²) in [6.45, 7) is -0.964. The number of benzene rings is 2. The molecule has 4 rings (SSSR count). The van der Waals surface area contributed by atoms with E-state index in [1.165, 1.54) is 0 Å². The number of fused-ring (bicyclic) bond motifs is 1.